The first-order valence-corrected chi connectivity index (χ1v) is 10.6. The Bertz CT molecular complexity index is 926. The largest absolute Gasteiger partial charge is 0.486 e. The Morgan fingerprint density at radius 3 is 2.54 bits per heavy atom. The van der Waals surface area contributed by atoms with Gasteiger partial charge in [-0.3, -0.25) is 4.79 Å². The molecule has 2 aromatic carbocycles. The molecule has 0 bridgehead atoms. The van der Waals surface area contributed by atoms with Crippen LogP contribution in [0.1, 0.15) is 18.3 Å². The lowest BCUT2D eigenvalue weighted by molar-refractivity contribution is -0.113. The molecule has 0 aliphatic heterocycles. The van der Waals surface area contributed by atoms with Crippen LogP contribution in [-0.4, -0.2) is 26.4 Å². The number of hydrogen-bond donors (Lipinski definition) is 1. The normalized spacial score (nSPS) is 10.7. The summed E-state index contributed by atoms with van der Waals surface area (Å²) >= 11 is 4.71. The highest BCUT2D eigenvalue weighted by Crippen LogP contribution is 2.19. The van der Waals surface area contributed by atoms with Crippen LogP contribution in [0.2, 0.25) is 0 Å². The number of thioether (sulfide) groups is 1. The second-order valence-electron chi connectivity index (χ2n) is 6.09. The molecule has 0 radical (unpaired) electrons. The molecule has 6 nitrogen and oxygen atoms in total. The maximum absolute atomic E-state index is 12.1. The van der Waals surface area contributed by atoms with Gasteiger partial charge in [-0.15, -0.1) is 10.2 Å². The third-order valence-electron chi connectivity index (χ3n) is 4.08. The van der Waals surface area contributed by atoms with Gasteiger partial charge in [0.1, 0.15) is 12.4 Å². The molecule has 0 unspecified atom stereocenters. The van der Waals surface area contributed by atoms with E-state index in [4.69, 9.17) is 4.74 Å². The Hall–Kier alpha value is -2.32. The minimum absolute atomic E-state index is 0.0934. The van der Waals surface area contributed by atoms with Crippen LogP contribution in [0.4, 0.5) is 5.69 Å². The molecule has 1 amide bonds. The highest BCUT2D eigenvalue weighted by molar-refractivity contribution is 9.10. The van der Waals surface area contributed by atoms with Crippen LogP contribution in [0.15, 0.2) is 58.2 Å². The molecule has 1 heterocycles. The van der Waals surface area contributed by atoms with Crippen LogP contribution in [-0.2, 0) is 24.9 Å². The zero-order valence-corrected chi connectivity index (χ0v) is 18.1. The SMILES string of the molecule is CCc1ccc(OCc2nnc(SCC(=O)Nc3ccc(Br)cc3)n2C)cc1. The molecule has 3 rings (SSSR count). The molecule has 0 aliphatic carbocycles. The number of benzene rings is 2. The van der Waals surface area contributed by atoms with Gasteiger partial charge in [-0.1, -0.05) is 46.7 Å². The minimum Gasteiger partial charge on any atom is -0.486 e. The summed E-state index contributed by atoms with van der Waals surface area (Å²) in [6.45, 7) is 2.44. The third kappa shape index (κ3) is 5.59. The summed E-state index contributed by atoms with van der Waals surface area (Å²) < 4.78 is 8.60. The van der Waals surface area contributed by atoms with Gasteiger partial charge in [0.15, 0.2) is 11.0 Å². The van der Waals surface area contributed by atoms with Gasteiger partial charge >= 0.3 is 0 Å². The van der Waals surface area contributed by atoms with E-state index >= 15 is 0 Å². The van der Waals surface area contributed by atoms with E-state index in [1.54, 1.807) is 0 Å². The number of hydrogen-bond acceptors (Lipinski definition) is 5. The molecule has 3 aromatic rings. The van der Waals surface area contributed by atoms with Gasteiger partial charge in [0.2, 0.25) is 5.91 Å². The maximum Gasteiger partial charge on any atom is 0.234 e. The Morgan fingerprint density at radius 1 is 1.14 bits per heavy atom. The second kappa shape index (κ2) is 9.75. The molecule has 0 spiro atoms. The summed E-state index contributed by atoms with van der Waals surface area (Å²) in [6.07, 6.45) is 1.000. The number of anilines is 1. The van der Waals surface area contributed by atoms with Crippen LogP contribution >= 0.6 is 27.7 Å². The van der Waals surface area contributed by atoms with Gasteiger partial charge in [-0.25, -0.2) is 0 Å². The fourth-order valence-electron chi connectivity index (χ4n) is 2.43. The Labute approximate surface area is 176 Å². The fourth-order valence-corrected chi connectivity index (χ4v) is 3.42. The molecule has 0 aliphatic rings. The van der Waals surface area contributed by atoms with Crippen LogP contribution in [0.3, 0.4) is 0 Å². The first-order valence-electron chi connectivity index (χ1n) is 8.83. The number of aryl methyl sites for hydroxylation is 1. The zero-order valence-electron chi connectivity index (χ0n) is 15.7. The fraction of sp³-hybridized carbons (Fsp3) is 0.250. The maximum atomic E-state index is 12.1. The van der Waals surface area contributed by atoms with Crippen molar-refractivity contribution in [3.05, 3.63) is 64.4 Å². The highest BCUT2D eigenvalue weighted by Gasteiger charge is 2.12. The number of halogens is 1. The first-order chi connectivity index (χ1) is 13.5. The van der Waals surface area contributed by atoms with Crippen LogP contribution in [0.25, 0.3) is 0 Å². The summed E-state index contributed by atoms with van der Waals surface area (Å²) in [6, 6.07) is 15.5. The Morgan fingerprint density at radius 2 is 1.86 bits per heavy atom. The molecular weight excluding hydrogens is 440 g/mol. The van der Waals surface area contributed by atoms with E-state index in [-0.39, 0.29) is 11.7 Å². The third-order valence-corrected chi connectivity index (χ3v) is 5.63. The second-order valence-corrected chi connectivity index (χ2v) is 7.95. The predicted octanol–water partition coefficient (Wildman–Crippen LogP) is 4.45. The van der Waals surface area contributed by atoms with Gasteiger partial charge in [-0.2, -0.15) is 0 Å². The van der Waals surface area contributed by atoms with Crippen molar-refractivity contribution in [1.29, 1.82) is 0 Å². The lowest BCUT2D eigenvalue weighted by Gasteiger charge is -2.07. The Kier molecular flexibility index (Phi) is 7.11. The topological polar surface area (TPSA) is 69.0 Å². The highest BCUT2D eigenvalue weighted by atomic mass is 79.9. The zero-order chi connectivity index (χ0) is 19.9. The van der Waals surface area contributed by atoms with Crippen molar-refractivity contribution < 1.29 is 9.53 Å². The lowest BCUT2D eigenvalue weighted by Crippen LogP contribution is -2.14. The van der Waals surface area contributed by atoms with E-state index in [1.807, 2.05) is 48.0 Å². The molecule has 8 heteroatoms. The van der Waals surface area contributed by atoms with Gasteiger partial charge in [0.25, 0.3) is 0 Å². The molecular formula is C20H21BrN4O2S. The van der Waals surface area contributed by atoms with E-state index in [1.165, 1.54) is 17.3 Å². The van der Waals surface area contributed by atoms with Crippen LogP contribution in [0, 0.1) is 0 Å². The van der Waals surface area contributed by atoms with E-state index in [0.717, 1.165) is 22.3 Å². The van der Waals surface area contributed by atoms with Gasteiger partial charge in [0.05, 0.1) is 5.75 Å². The van der Waals surface area contributed by atoms with Crippen molar-refractivity contribution in [2.24, 2.45) is 7.05 Å². The number of carbonyl (C=O) groups is 1. The Balaban J connectivity index is 1.50. The summed E-state index contributed by atoms with van der Waals surface area (Å²) in [5.41, 5.74) is 2.03. The molecule has 1 aromatic heterocycles. The number of rotatable bonds is 8. The van der Waals surface area contributed by atoms with Crippen molar-refractivity contribution in [1.82, 2.24) is 14.8 Å². The van der Waals surface area contributed by atoms with E-state index in [9.17, 15) is 4.79 Å². The number of aromatic nitrogens is 3. The average Bonchev–Trinajstić information content (AvgIpc) is 3.06. The average molecular weight is 461 g/mol. The summed E-state index contributed by atoms with van der Waals surface area (Å²) in [5, 5.41) is 11.9. The van der Waals surface area contributed by atoms with E-state index < -0.39 is 0 Å². The van der Waals surface area contributed by atoms with E-state index in [0.29, 0.717) is 17.6 Å². The van der Waals surface area contributed by atoms with Gasteiger partial charge in [0, 0.05) is 17.2 Å². The molecule has 146 valence electrons. The van der Waals surface area contributed by atoms with Crippen molar-refractivity contribution in [2.45, 2.75) is 25.1 Å². The van der Waals surface area contributed by atoms with Crippen molar-refractivity contribution in [3.63, 3.8) is 0 Å². The monoisotopic (exact) mass is 460 g/mol. The molecule has 0 atom stereocenters. The molecule has 28 heavy (non-hydrogen) atoms. The minimum atomic E-state index is -0.0934. The van der Waals surface area contributed by atoms with Crippen molar-refractivity contribution in [2.75, 3.05) is 11.1 Å². The number of ether oxygens (including phenoxy) is 1. The molecule has 1 N–H and O–H groups in total. The standard InChI is InChI=1S/C20H21BrN4O2S/c1-3-14-4-10-17(11-5-14)27-12-18-23-24-20(25(18)2)28-13-19(26)22-16-8-6-15(21)7-9-16/h4-11H,3,12-13H2,1-2H3,(H,22,26). The number of nitrogens with one attached hydrogen (secondary N) is 1. The smallest absolute Gasteiger partial charge is 0.234 e. The van der Waals surface area contributed by atoms with Crippen LogP contribution in [0.5, 0.6) is 5.75 Å². The van der Waals surface area contributed by atoms with Gasteiger partial charge < -0.3 is 14.6 Å². The quantitative estimate of drug-likeness (QED) is 0.502. The summed E-state index contributed by atoms with van der Waals surface area (Å²) in [7, 11) is 1.87. The molecule has 0 fully saturated rings. The summed E-state index contributed by atoms with van der Waals surface area (Å²) in [5.74, 6) is 1.66. The summed E-state index contributed by atoms with van der Waals surface area (Å²) in [4.78, 5) is 12.1. The molecule has 0 saturated carbocycles. The molecule has 0 saturated heterocycles. The predicted molar refractivity (Wildman–Crippen MR) is 115 cm³/mol. The van der Waals surface area contributed by atoms with Crippen LogP contribution < -0.4 is 10.1 Å². The van der Waals surface area contributed by atoms with Crippen molar-refractivity contribution >= 4 is 39.3 Å². The number of amides is 1. The first kappa shape index (κ1) is 20.4. The number of nitrogens with zero attached hydrogens (tertiary/aromatic N) is 3. The van der Waals surface area contributed by atoms with E-state index in [2.05, 4.69) is 50.5 Å². The van der Waals surface area contributed by atoms with Gasteiger partial charge in [-0.05, 0) is 48.4 Å². The number of carbonyl (C=O) groups excluding carboxylic acids is 1. The lowest BCUT2D eigenvalue weighted by atomic mass is 10.2. The van der Waals surface area contributed by atoms with Crippen molar-refractivity contribution in [3.8, 4) is 5.75 Å².